The van der Waals surface area contributed by atoms with E-state index in [0.717, 1.165) is 25.0 Å². The van der Waals surface area contributed by atoms with Gasteiger partial charge in [0.2, 0.25) is 0 Å². The van der Waals surface area contributed by atoms with Gasteiger partial charge >= 0.3 is 0 Å². The maximum atomic E-state index is 6.18. The smallest absolute Gasteiger partial charge is 0.153 e. The van der Waals surface area contributed by atoms with Gasteiger partial charge in [-0.25, -0.2) is 0 Å². The van der Waals surface area contributed by atoms with Crippen LogP contribution in [-0.4, -0.2) is 10.5 Å². The quantitative estimate of drug-likeness (QED) is 0.856. The molecule has 0 aromatic heterocycles. The lowest BCUT2D eigenvalue weighted by atomic mass is 10.0. The van der Waals surface area contributed by atoms with Crippen LogP contribution >= 0.6 is 11.8 Å². The van der Waals surface area contributed by atoms with Gasteiger partial charge in [0.15, 0.2) is 4.93 Å². The molecule has 0 atom stereocenters. The molecule has 0 saturated heterocycles. The number of benzene rings is 1. The van der Waals surface area contributed by atoms with Crippen LogP contribution < -0.4 is 10.5 Å². The van der Waals surface area contributed by atoms with Crippen LogP contribution in [0.2, 0.25) is 0 Å². The van der Waals surface area contributed by atoms with E-state index in [1.54, 1.807) is 11.8 Å². The number of para-hydroxylation sites is 1. The number of ether oxygens (including phenoxy) is 1. The lowest BCUT2D eigenvalue weighted by molar-refractivity contribution is 0.212. The van der Waals surface area contributed by atoms with Gasteiger partial charge in [-0.3, -0.25) is 0 Å². The number of hydrogen-bond donors (Lipinski definition) is 1. The number of rotatable bonds is 2. The van der Waals surface area contributed by atoms with Gasteiger partial charge in [0.1, 0.15) is 5.75 Å². The second-order valence-corrected chi connectivity index (χ2v) is 7.01. The van der Waals surface area contributed by atoms with Gasteiger partial charge < -0.3 is 10.5 Å². The molecule has 0 radical (unpaired) electrons. The Morgan fingerprint density at radius 1 is 1.38 bits per heavy atom. The lowest BCUT2D eigenvalue weighted by Gasteiger charge is -2.17. The van der Waals surface area contributed by atoms with Crippen LogP contribution in [0.1, 0.15) is 32.3 Å². The van der Waals surface area contributed by atoms with Crippen molar-refractivity contribution < 1.29 is 4.74 Å². The van der Waals surface area contributed by atoms with Crippen LogP contribution in [0.15, 0.2) is 23.1 Å². The van der Waals surface area contributed by atoms with Gasteiger partial charge in [0.05, 0.1) is 4.90 Å². The summed E-state index contributed by atoms with van der Waals surface area (Å²) >= 11 is 1.79. The van der Waals surface area contributed by atoms with Crippen molar-refractivity contribution >= 4 is 11.8 Å². The van der Waals surface area contributed by atoms with Gasteiger partial charge in [-0.1, -0.05) is 23.9 Å². The van der Waals surface area contributed by atoms with Crippen molar-refractivity contribution in [3.8, 4) is 5.75 Å². The third-order valence-electron chi connectivity index (χ3n) is 3.20. The fraction of sp³-hybridized carbons (Fsp3) is 0.538. The van der Waals surface area contributed by atoms with Crippen molar-refractivity contribution in [1.82, 2.24) is 0 Å². The number of hydrogen-bond acceptors (Lipinski definition) is 3. The minimum absolute atomic E-state index is 0.0515. The predicted molar refractivity (Wildman–Crippen MR) is 66.9 cm³/mol. The number of nitrogens with two attached hydrogens (primary N) is 1. The summed E-state index contributed by atoms with van der Waals surface area (Å²) in [6, 6.07) is 6.39. The first kappa shape index (κ1) is 10.5. The predicted octanol–water partition coefficient (Wildman–Crippen LogP) is 2.94. The second-order valence-electron chi connectivity index (χ2n) is 5.39. The topological polar surface area (TPSA) is 35.2 Å². The molecule has 0 spiro atoms. The Morgan fingerprint density at radius 2 is 2.12 bits per heavy atom. The molecule has 86 valence electrons. The summed E-state index contributed by atoms with van der Waals surface area (Å²) in [6.07, 6.45) is 3.24. The normalized spacial score (nSPS) is 23.7. The highest BCUT2D eigenvalue weighted by atomic mass is 32.2. The molecule has 16 heavy (non-hydrogen) atoms. The molecule has 1 aliphatic carbocycles. The van der Waals surface area contributed by atoms with Crippen molar-refractivity contribution in [3.05, 3.63) is 23.8 Å². The Hall–Kier alpha value is -0.670. The Labute approximate surface area is 101 Å². The van der Waals surface area contributed by atoms with E-state index >= 15 is 0 Å². The molecule has 1 aromatic rings. The molecule has 2 N–H and O–H groups in total. The van der Waals surface area contributed by atoms with Crippen molar-refractivity contribution in [2.24, 2.45) is 5.73 Å². The van der Waals surface area contributed by atoms with E-state index in [0.29, 0.717) is 0 Å². The molecule has 1 saturated carbocycles. The maximum absolute atomic E-state index is 6.18. The Morgan fingerprint density at radius 3 is 2.81 bits per heavy atom. The van der Waals surface area contributed by atoms with E-state index in [2.05, 4.69) is 32.0 Å². The zero-order valence-corrected chi connectivity index (χ0v) is 10.6. The number of fused-ring (bicyclic) bond motifs is 1. The monoisotopic (exact) mass is 235 g/mol. The standard InChI is InChI=1S/C13H17NOS/c1-12(2)15-11-9(8-13(14)6-7-13)4-3-5-10(11)16-12/h3-5H,6-8,14H2,1-2H3. The minimum atomic E-state index is -0.135. The molecular weight excluding hydrogens is 218 g/mol. The van der Waals surface area contributed by atoms with E-state index in [1.807, 2.05) is 0 Å². The fourth-order valence-corrected chi connectivity index (χ4v) is 3.21. The van der Waals surface area contributed by atoms with Crippen LogP contribution in [-0.2, 0) is 6.42 Å². The molecule has 0 unspecified atom stereocenters. The highest BCUT2D eigenvalue weighted by Crippen LogP contribution is 2.50. The molecule has 2 nitrogen and oxygen atoms in total. The molecular formula is C13H17NOS. The Balaban J connectivity index is 1.93. The minimum Gasteiger partial charge on any atom is -0.475 e. The van der Waals surface area contributed by atoms with Crippen LogP contribution in [0.4, 0.5) is 0 Å². The summed E-state index contributed by atoms with van der Waals surface area (Å²) in [5.74, 6) is 1.06. The molecule has 3 rings (SSSR count). The summed E-state index contributed by atoms with van der Waals surface area (Å²) in [5.41, 5.74) is 7.50. The van der Waals surface area contributed by atoms with Crippen molar-refractivity contribution in [3.63, 3.8) is 0 Å². The third-order valence-corrected chi connectivity index (χ3v) is 4.32. The summed E-state index contributed by atoms with van der Waals surface area (Å²) in [6.45, 7) is 4.22. The third kappa shape index (κ3) is 1.82. The molecule has 1 aromatic carbocycles. The van der Waals surface area contributed by atoms with Crippen LogP contribution in [0, 0.1) is 0 Å². The largest absolute Gasteiger partial charge is 0.475 e. The van der Waals surface area contributed by atoms with Gasteiger partial charge in [-0.2, -0.15) is 0 Å². The van der Waals surface area contributed by atoms with Crippen LogP contribution in [0.25, 0.3) is 0 Å². The van der Waals surface area contributed by atoms with E-state index in [9.17, 15) is 0 Å². The lowest BCUT2D eigenvalue weighted by Crippen LogP contribution is -2.25. The summed E-state index contributed by atoms with van der Waals surface area (Å²) < 4.78 is 6.01. The molecule has 1 aliphatic heterocycles. The fourth-order valence-electron chi connectivity index (χ4n) is 2.14. The van der Waals surface area contributed by atoms with E-state index in [1.165, 1.54) is 10.5 Å². The summed E-state index contributed by atoms with van der Waals surface area (Å²) in [7, 11) is 0. The second kappa shape index (κ2) is 3.17. The van der Waals surface area contributed by atoms with Gasteiger partial charge in [0, 0.05) is 5.54 Å². The average Bonchev–Trinajstić information content (AvgIpc) is 2.78. The summed E-state index contributed by atoms with van der Waals surface area (Å²) in [5, 5.41) is 0. The molecule has 3 heteroatoms. The van der Waals surface area contributed by atoms with Crippen molar-refractivity contribution in [1.29, 1.82) is 0 Å². The molecule has 1 fully saturated rings. The van der Waals surface area contributed by atoms with Gasteiger partial charge in [-0.15, -0.1) is 0 Å². The maximum Gasteiger partial charge on any atom is 0.153 e. The molecule has 0 bridgehead atoms. The SMILES string of the molecule is CC1(C)Oc2c(CC3(N)CC3)cccc2S1. The zero-order chi connectivity index (χ0) is 11.4. The van der Waals surface area contributed by atoms with Crippen molar-refractivity contribution in [2.75, 3.05) is 0 Å². The molecule has 1 heterocycles. The Bertz CT molecular complexity index is 438. The van der Waals surface area contributed by atoms with Gasteiger partial charge in [0.25, 0.3) is 0 Å². The first-order valence-corrected chi connectivity index (χ1v) is 6.58. The number of thioether (sulfide) groups is 1. The highest BCUT2D eigenvalue weighted by molar-refractivity contribution is 8.00. The van der Waals surface area contributed by atoms with Gasteiger partial charge in [-0.05, 0) is 44.7 Å². The Kier molecular flexibility index (Phi) is 2.08. The van der Waals surface area contributed by atoms with Crippen molar-refractivity contribution in [2.45, 2.75) is 48.5 Å². The van der Waals surface area contributed by atoms with E-state index in [-0.39, 0.29) is 10.5 Å². The molecule has 2 aliphatic rings. The zero-order valence-electron chi connectivity index (χ0n) is 9.75. The summed E-state index contributed by atoms with van der Waals surface area (Å²) in [4.78, 5) is 1.12. The van der Waals surface area contributed by atoms with Crippen LogP contribution in [0.3, 0.4) is 0 Å². The molecule has 0 amide bonds. The van der Waals surface area contributed by atoms with Crippen LogP contribution in [0.5, 0.6) is 5.75 Å². The van der Waals surface area contributed by atoms with E-state index < -0.39 is 0 Å². The average molecular weight is 235 g/mol. The highest BCUT2D eigenvalue weighted by Gasteiger charge is 2.40. The first-order valence-electron chi connectivity index (χ1n) is 5.76. The van der Waals surface area contributed by atoms with E-state index in [4.69, 9.17) is 10.5 Å². The first-order chi connectivity index (χ1) is 7.48.